The zero-order chi connectivity index (χ0) is 76.9. The monoisotopic (exact) mass is 1490 g/mol. The zero-order valence-corrected chi connectivity index (χ0v) is 63.1. The van der Waals surface area contributed by atoms with E-state index in [1.54, 1.807) is 0 Å². The van der Waals surface area contributed by atoms with Crippen molar-refractivity contribution in [2.75, 3.05) is 0 Å². The van der Waals surface area contributed by atoms with Gasteiger partial charge in [0.2, 0.25) is 0 Å². The molecule has 20 aromatic rings. The normalized spacial score (nSPS) is 14.1. The zero-order valence-electron chi connectivity index (χ0n) is 63.1. The van der Waals surface area contributed by atoms with Crippen molar-refractivity contribution in [3.05, 3.63) is 445 Å². The lowest BCUT2D eigenvalue weighted by atomic mass is 9.66. The molecule has 0 bridgehead atoms. The van der Waals surface area contributed by atoms with Crippen molar-refractivity contribution in [2.24, 2.45) is 0 Å². The topological polar surface area (TPSA) is 83.2 Å². The van der Waals surface area contributed by atoms with Crippen LogP contribution in [0.2, 0.25) is 0 Å². The summed E-state index contributed by atoms with van der Waals surface area (Å²) >= 11 is 0. The van der Waals surface area contributed by atoms with Crippen LogP contribution in [0, 0.1) is 0 Å². The maximum absolute atomic E-state index is 7.17. The SMILES string of the molecule is c1ccc(-c2nc(-c3ccc4c(c3)oc3ccccc34)cc(-c3ccccc3-c3ccc4c(c3)Oc3ccccc3C43c4ccccc4-c4cc(-c5ccc(-c6ccc(-c7cc(-c8ccccc8-c8ccc9c(c8)Oc8ccccc8C98c9ccccc9-c9ccccc98)nc(-c8ccccc8)n7)c7ccccc67)cc5)ccc43)n2)cc1. The second kappa shape index (κ2) is 26.1. The molecule has 3 aromatic heterocycles. The van der Waals surface area contributed by atoms with Crippen LogP contribution in [-0.2, 0) is 10.8 Å². The molecule has 0 amide bonds. The highest BCUT2D eigenvalue weighted by atomic mass is 16.5. The summed E-state index contributed by atoms with van der Waals surface area (Å²) in [5.41, 5.74) is 32.4. The molecule has 0 saturated heterocycles. The molecule has 0 saturated carbocycles. The Hall–Kier alpha value is -15.4. The molecule has 2 aliphatic carbocycles. The Balaban J connectivity index is 0.571. The molecule has 17 aromatic carbocycles. The molecular formula is C110H66N4O3. The summed E-state index contributed by atoms with van der Waals surface area (Å²) in [6.45, 7) is 0. The lowest BCUT2D eigenvalue weighted by Crippen LogP contribution is -2.32. The summed E-state index contributed by atoms with van der Waals surface area (Å²) in [5.74, 6) is 4.61. The molecule has 1 atom stereocenters. The molecule has 117 heavy (non-hydrogen) atoms. The predicted octanol–water partition coefficient (Wildman–Crippen LogP) is 27.9. The number of hydrogen-bond acceptors (Lipinski definition) is 7. The number of furan rings is 1. The number of para-hydroxylation sites is 3. The van der Waals surface area contributed by atoms with Gasteiger partial charge in [-0.15, -0.1) is 0 Å². The van der Waals surface area contributed by atoms with Crippen molar-refractivity contribution < 1.29 is 13.9 Å². The first kappa shape index (κ1) is 66.2. The Labute approximate surface area is 675 Å². The molecule has 24 rings (SSSR count). The first-order chi connectivity index (χ1) is 58.0. The van der Waals surface area contributed by atoms with Gasteiger partial charge in [-0.2, -0.15) is 0 Å². The summed E-state index contributed by atoms with van der Waals surface area (Å²) in [5, 5.41) is 4.38. The Morgan fingerprint density at radius 2 is 0.538 bits per heavy atom. The van der Waals surface area contributed by atoms with Crippen LogP contribution in [0.3, 0.4) is 0 Å². The molecule has 0 fully saturated rings. The number of nitrogens with zero attached hydrogens (tertiary/aromatic N) is 4. The fourth-order valence-electron chi connectivity index (χ4n) is 19.6. The van der Waals surface area contributed by atoms with Crippen LogP contribution in [0.1, 0.15) is 44.5 Å². The summed E-state index contributed by atoms with van der Waals surface area (Å²) in [7, 11) is 0. The number of ether oxygens (including phenoxy) is 2. The summed E-state index contributed by atoms with van der Waals surface area (Å²) < 4.78 is 20.6. The largest absolute Gasteiger partial charge is 0.457 e. The van der Waals surface area contributed by atoms with Crippen LogP contribution in [0.25, 0.3) is 167 Å². The first-order valence-electron chi connectivity index (χ1n) is 39.9. The maximum atomic E-state index is 7.17. The van der Waals surface area contributed by atoms with Crippen molar-refractivity contribution in [2.45, 2.75) is 10.8 Å². The predicted molar refractivity (Wildman–Crippen MR) is 472 cm³/mol. The minimum atomic E-state index is -0.688. The molecule has 544 valence electrons. The molecule has 4 aliphatic rings. The molecule has 5 heterocycles. The highest BCUT2D eigenvalue weighted by molar-refractivity contribution is 6.07. The number of aromatic nitrogens is 4. The Bertz CT molecular complexity index is 7490. The van der Waals surface area contributed by atoms with Gasteiger partial charge >= 0.3 is 0 Å². The summed E-state index contributed by atoms with van der Waals surface area (Å²) in [6, 6.07) is 143. The maximum Gasteiger partial charge on any atom is 0.160 e. The second-order valence-corrected chi connectivity index (χ2v) is 30.9. The third-order valence-electron chi connectivity index (χ3n) is 24.7. The summed E-state index contributed by atoms with van der Waals surface area (Å²) in [6.07, 6.45) is 0. The van der Waals surface area contributed by atoms with E-state index in [4.69, 9.17) is 33.8 Å². The minimum Gasteiger partial charge on any atom is -0.457 e. The minimum absolute atomic E-state index is 0.563. The quantitative estimate of drug-likeness (QED) is 0.135. The van der Waals surface area contributed by atoms with Gasteiger partial charge in [-0.1, -0.05) is 340 Å². The van der Waals surface area contributed by atoms with Gasteiger partial charge in [0.05, 0.1) is 33.6 Å². The Morgan fingerprint density at radius 3 is 1.10 bits per heavy atom. The average molecular weight is 1490 g/mol. The van der Waals surface area contributed by atoms with Crippen molar-refractivity contribution in [1.82, 2.24) is 19.9 Å². The van der Waals surface area contributed by atoms with E-state index in [-0.39, 0.29) is 0 Å². The van der Waals surface area contributed by atoms with Gasteiger partial charge in [0.25, 0.3) is 0 Å². The first-order valence-corrected chi connectivity index (χ1v) is 39.9. The molecule has 0 N–H and O–H groups in total. The molecule has 7 heteroatoms. The van der Waals surface area contributed by atoms with Crippen LogP contribution in [0.4, 0.5) is 0 Å². The summed E-state index contributed by atoms with van der Waals surface area (Å²) in [4.78, 5) is 21.5. The van der Waals surface area contributed by atoms with Crippen molar-refractivity contribution in [3.8, 4) is 158 Å². The smallest absolute Gasteiger partial charge is 0.160 e. The highest BCUT2D eigenvalue weighted by Gasteiger charge is 2.53. The number of hydrogen-bond donors (Lipinski definition) is 0. The second-order valence-electron chi connectivity index (χ2n) is 30.9. The van der Waals surface area contributed by atoms with E-state index in [2.05, 4.69) is 364 Å². The average Bonchev–Trinajstić information content (AvgIpc) is 1.57. The highest BCUT2D eigenvalue weighted by Crippen LogP contribution is 2.65. The van der Waals surface area contributed by atoms with Crippen molar-refractivity contribution >= 4 is 32.7 Å². The van der Waals surface area contributed by atoms with E-state index in [0.29, 0.717) is 11.6 Å². The van der Waals surface area contributed by atoms with Gasteiger partial charge < -0.3 is 13.9 Å². The van der Waals surface area contributed by atoms with Gasteiger partial charge in [0.15, 0.2) is 11.6 Å². The molecule has 0 radical (unpaired) electrons. The molecule has 7 nitrogen and oxygen atoms in total. The van der Waals surface area contributed by atoms with E-state index in [0.717, 1.165) is 179 Å². The Kier molecular flexibility index (Phi) is 14.7. The fraction of sp³-hybridized carbons (Fsp3) is 0.0182. The van der Waals surface area contributed by atoms with Crippen LogP contribution in [-0.4, -0.2) is 19.9 Å². The number of fused-ring (bicyclic) bond motifs is 22. The molecule has 2 spiro atoms. The van der Waals surface area contributed by atoms with E-state index >= 15 is 0 Å². The van der Waals surface area contributed by atoms with Gasteiger partial charge in [-0.05, 0) is 160 Å². The molecular weight excluding hydrogens is 1430 g/mol. The van der Waals surface area contributed by atoms with E-state index < -0.39 is 10.8 Å². The third-order valence-corrected chi connectivity index (χ3v) is 24.7. The standard InChI is InChI=1S/C110H66N4O3/c1-3-25-69(26-4-1)107-111-97(74-51-55-87-86-38-16-22-44-101(86)115-104(87)64-74)65-98(112-107)83-36-11-7-29-75(83)72-54-60-96-106(63-72)117-103-46-24-21-43-94(103)110(96)91-41-19-15-35-82(91)88-61-71(52-58-92(88)110)67-47-49-68(50-48-67)77-56-57-85(79-32-10-9-31-78(77)79)100-66-99(113-108(114-100)70-27-5-2-6-28-70)84-37-12-8-30-76(84)73-53-59-95-105(62-73)116-102-45-23-20-42-93(102)109(95)89-39-17-13-33-80(89)81-34-14-18-40-90(81)109/h1-66H. The molecule has 2 aliphatic heterocycles. The van der Waals surface area contributed by atoms with Crippen LogP contribution >= 0.6 is 0 Å². The van der Waals surface area contributed by atoms with Crippen LogP contribution < -0.4 is 9.47 Å². The fourth-order valence-corrected chi connectivity index (χ4v) is 19.6. The van der Waals surface area contributed by atoms with E-state index in [1.165, 1.54) is 44.5 Å². The van der Waals surface area contributed by atoms with Gasteiger partial charge in [0.1, 0.15) is 34.2 Å². The molecule has 1 unspecified atom stereocenters. The number of benzene rings is 17. The third kappa shape index (κ3) is 10.1. The number of rotatable bonds is 10. The van der Waals surface area contributed by atoms with Crippen LogP contribution in [0.5, 0.6) is 23.0 Å². The van der Waals surface area contributed by atoms with Crippen LogP contribution in [0.15, 0.2) is 405 Å². The van der Waals surface area contributed by atoms with Gasteiger partial charge in [-0.3, -0.25) is 0 Å². The van der Waals surface area contributed by atoms with E-state index in [9.17, 15) is 0 Å². The lowest BCUT2D eigenvalue weighted by Gasteiger charge is -2.39. The van der Waals surface area contributed by atoms with Gasteiger partial charge in [0, 0.05) is 66.4 Å². The van der Waals surface area contributed by atoms with E-state index in [1.807, 2.05) is 36.4 Å². The Morgan fingerprint density at radius 1 is 0.171 bits per heavy atom. The lowest BCUT2D eigenvalue weighted by molar-refractivity contribution is 0.436. The van der Waals surface area contributed by atoms with Crippen molar-refractivity contribution in [3.63, 3.8) is 0 Å². The van der Waals surface area contributed by atoms with Crippen molar-refractivity contribution in [1.29, 1.82) is 0 Å². The van der Waals surface area contributed by atoms with Gasteiger partial charge in [-0.25, -0.2) is 19.9 Å².